The van der Waals surface area contributed by atoms with E-state index >= 15 is 0 Å². The number of ether oxygens (including phenoxy) is 1. The van der Waals surface area contributed by atoms with Gasteiger partial charge in [-0.1, -0.05) is 27.7 Å². The van der Waals surface area contributed by atoms with E-state index in [-0.39, 0.29) is 22.5 Å². The SMILES string of the molecule is CC(C)COC1CC(NS(=O)(=O)c2cn[nH]c2)C1(C)C. The van der Waals surface area contributed by atoms with Crippen molar-refractivity contribution in [2.75, 3.05) is 6.61 Å². The van der Waals surface area contributed by atoms with Crippen LogP contribution in [0.3, 0.4) is 0 Å². The van der Waals surface area contributed by atoms with E-state index in [1.807, 2.05) is 13.8 Å². The molecule has 2 rings (SSSR count). The van der Waals surface area contributed by atoms with Gasteiger partial charge in [0.1, 0.15) is 4.90 Å². The lowest BCUT2D eigenvalue weighted by atomic mass is 9.65. The van der Waals surface area contributed by atoms with Gasteiger partial charge in [-0.3, -0.25) is 5.10 Å². The second-order valence-electron chi connectivity index (χ2n) is 6.38. The number of sulfonamides is 1. The molecule has 0 aliphatic heterocycles. The number of nitrogens with one attached hydrogen (secondary N) is 2. The number of rotatable bonds is 6. The number of nitrogens with zero attached hydrogens (tertiary/aromatic N) is 1. The fourth-order valence-electron chi connectivity index (χ4n) is 2.32. The second kappa shape index (κ2) is 5.46. The molecule has 1 heterocycles. The van der Waals surface area contributed by atoms with Crippen molar-refractivity contribution in [1.82, 2.24) is 14.9 Å². The summed E-state index contributed by atoms with van der Waals surface area (Å²) in [6, 6.07) is -0.112. The zero-order valence-corrected chi connectivity index (χ0v) is 13.2. The van der Waals surface area contributed by atoms with Crippen molar-refractivity contribution in [1.29, 1.82) is 0 Å². The lowest BCUT2D eigenvalue weighted by Crippen LogP contribution is -2.62. The monoisotopic (exact) mass is 301 g/mol. The van der Waals surface area contributed by atoms with Gasteiger partial charge >= 0.3 is 0 Å². The Morgan fingerprint density at radius 2 is 2.25 bits per heavy atom. The molecule has 1 aromatic heterocycles. The molecule has 0 radical (unpaired) electrons. The predicted octanol–water partition coefficient (Wildman–Crippen LogP) is 1.53. The minimum atomic E-state index is -3.50. The van der Waals surface area contributed by atoms with Gasteiger partial charge in [0.2, 0.25) is 10.0 Å². The molecule has 1 aromatic rings. The first kappa shape index (κ1) is 15.5. The summed E-state index contributed by atoms with van der Waals surface area (Å²) >= 11 is 0. The van der Waals surface area contributed by atoms with Crippen LogP contribution in [0.5, 0.6) is 0 Å². The topological polar surface area (TPSA) is 84.1 Å². The van der Waals surface area contributed by atoms with Crippen molar-refractivity contribution in [2.24, 2.45) is 11.3 Å². The number of aromatic nitrogens is 2. The van der Waals surface area contributed by atoms with Gasteiger partial charge in [0.05, 0.1) is 12.3 Å². The lowest BCUT2D eigenvalue weighted by molar-refractivity contribution is -0.118. The van der Waals surface area contributed by atoms with Gasteiger partial charge in [0.25, 0.3) is 0 Å². The van der Waals surface area contributed by atoms with Gasteiger partial charge in [0, 0.05) is 24.3 Å². The van der Waals surface area contributed by atoms with Crippen LogP contribution in [0.1, 0.15) is 34.1 Å². The van der Waals surface area contributed by atoms with E-state index in [2.05, 4.69) is 28.8 Å². The van der Waals surface area contributed by atoms with Crippen LogP contribution in [0.15, 0.2) is 17.3 Å². The highest BCUT2D eigenvalue weighted by atomic mass is 32.2. The first-order valence-electron chi connectivity index (χ1n) is 6.86. The zero-order chi connectivity index (χ0) is 15.0. The molecule has 2 unspecified atom stereocenters. The first-order valence-corrected chi connectivity index (χ1v) is 8.34. The molecule has 1 saturated carbocycles. The highest BCUT2D eigenvalue weighted by Gasteiger charge is 2.50. The molecule has 6 nitrogen and oxygen atoms in total. The Bertz CT molecular complexity index is 537. The summed E-state index contributed by atoms with van der Waals surface area (Å²) in [4.78, 5) is 0.167. The van der Waals surface area contributed by atoms with Crippen molar-refractivity contribution >= 4 is 10.0 Å². The zero-order valence-electron chi connectivity index (χ0n) is 12.4. The minimum Gasteiger partial charge on any atom is -0.377 e. The number of H-pyrrole nitrogens is 1. The summed E-state index contributed by atoms with van der Waals surface area (Å²) in [5, 5.41) is 6.18. The van der Waals surface area contributed by atoms with Crippen molar-refractivity contribution in [2.45, 2.75) is 51.2 Å². The average Bonchev–Trinajstić information content (AvgIpc) is 2.86. The second-order valence-corrected chi connectivity index (χ2v) is 8.09. The molecule has 7 heteroatoms. The van der Waals surface area contributed by atoms with Crippen molar-refractivity contribution in [3.05, 3.63) is 12.4 Å². The molecule has 2 N–H and O–H groups in total. The molecule has 2 atom stereocenters. The van der Waals surface area contributed by atoms with E-state index in [1.54, 1.807) is 0 Å². The Labute approximate surface area is 120 Å². The van der Waals surface area contributed by atoms with E-state index in [9.17, 15) is 8.42 Å². The van der Waals surface area contributed by atoms with Crippen molar-refractivity contribution in [3.8, 4) is 0 Å². The first-order chi connectivity index (χ1) is 9.23. The Morgan fingerprint density at radius 3 is 2.75 bits per heavy atom. The van der Waals surface area contributed by atoms with Gasteiger partial charge in [-0.05, 0) is 12.3 Å². The highest BCUT2D eigenvalue weighted by Crippen LogP contribution is 2.43. The average molecular weight is 301 g/mol. The Balaban J connectivity index is 1.96. The van der Waals surface area contributed by atoms with Crippen molar-refractivity contribution in [3.63, 3.8) is 0 Å². The van der Waals surface area contributed by atoms with Crippen molar-refractivity contribution < 1.29 is 13.2 Å². The van der Waals surface area contributed by atoms with Crippen LogP contribution in [0, 0.1) is 11.3 Å². The van der Waals surface area contributed by atoms with E-state index in [1.165, 1.54) is 12.4 Å². The Kier molecular flexibility index (Phi) is 4.22. The van der Waals surface area contributed by atoms with Gasteiger partial charge in [-0.15, -0.1) is 0 Å². The molecule has 0 saturated heterocycles. The number of aromatic amines is 1. The largest absolute Gasteiger partial charge is 0.377 e. The number of hydrogen-bond donors (Lipinski definition) is 2. The molecule has 0 bridgehead atoms. The smallest absolute Gasteiger partial charge is 0.243 e. The molecular formula is C13H23N3O3S. The molecular weight excluding hydrogens is 278 g/mol. The number of hydrogen-bond acceptors (Lipinski definition) is 4. The van der Waals surface area contributed by atoms with E-state index in [0.717, 1.165) is 0 Å². The molecule has 0 aromatic carbocycles. The van der Waals surface area contributed by atoms with Crippen LogP contribution in [0.2, 0.25) is 0 Å². The van der Waals surface area contributed by atoms with E-state index in [0.29, 0.717) is 18.9 Å². The minimum absolute atomic E-state index is 0.0990. The molecule has 0 spiro atoms. The van der Waals surface area contributed by atoms with Gasteiger partial charge in [-0.2, -0.15) is 5.10 Å². The summed E-state index contributed by atoms with van der Waals surface area (Å²) in [5.74, 6) is 0.479. The van der Waals surface area contributed by atoms with Crippen LogP contribution in [0.25, 0.3) is 0 Å². The maximum atomic E-state index is 12.1. The molecule has 114 valence electrons. The summed E-state index contributed by atoms with van der Waals surface area (Å²) in [6.45, 7) is 8.97. The summed E-state index contributed by atoms with van der Waals surface area (Å²) < 4.78 is 32.9. The van der Waals surface area contributed by atoms with Gasteiger partial charge < -0.3 is 4.74 Å². The van der Waals surface area contributed by atoms with Crippen LogP contribution in [0.4, 0.5) is 0 Å². The lowest BCUT2D eigenvalue weighted by Gasteiger charge is -2.51. The fourth-order valence-corrected chi connectivity index (χ4v) is 3.63. The fraction of sp³-hybridized carbons (Fsp3) is 0.769. The summed E-state index contributed by atoms with van der Waals surface area (Å²) in [7, 11) is -3.50. The van der Waals surface area contributed by atoms with Gasteiger partial charge in [0.15, 0.2) is 0 Å². The van der Waals surface area contributed by atoms with Gasteiger partial charge in [-0.25, -0.2) is 13.1 Å². The third-order valence-corrected chi connectivity index (χ3v) is 5.33. The van der Waals surface area contributed by atoms with E-state index in [4.69, 9.17) is 4.74 Å². The molecule has 1 aliphatic rings. The van der Waals surface area contributed by atoms with Crippen LogP contribution >= 0.6 is 0 Å². The van der Waals surface area contributed by atoms with Crippen LogP contribution < -0.4 is 4.72 Å². The standard InChI is InChI=1S/C13H23N3O3S/c1-9(2)8-19-12-5-11(13(12,3)4)16-20(17,18)10-6-14-15-7-10/h6-7,9,11-12,16H,5,8H2,1-4H3,(H,14,15). The normalized spacial score (nSPS) is 25.6. The quantitative estimate of drug-likeness (QED) is 0.834. The van der Waals surface area contributed by atoms with Crippen LogP contribution in [-0.4, -0.2) is 37.4 Å². The summed E-state index contributed by atoms with van der Waals surface area (Å²) in [6.07, 6.45) is 3.49. The summed E-state index contributed by atoms with van der Waals surface area (Å²) in [5.41, 5.74) is -0.203. The third kappa shape index (κ3) is 3.05. The third-order valence-electron chi connectivity index (χ3n) is 3.89. The Morgan fingerprint density at radius 1 is 1.55 bits per heavy atom. The van der Waals surface area contributed by atoms with E-state index < -0.39 is 10.0 Å². The molecule has 0 amide bonds. The van der Waals surface area contributed by atoms with Crippen LogP contribution in [-0.2, 0) is 14.8 Å². The maximum Gasteiger partial charge on any atom is 0.243 e. The molecule has 20 heavy (non-hydrogen) atoms. The maximum absolute atomic E-state index is 12.1. The Hall–Kier alpha value is -0.920. The predicted molar refractivity (Wildman–Crippen MR) is 75.7 cm³/mol. The molecule has 1 fully saturated rings. The highest BCUT2D eigenvalue weighted by molar-refractivity contribution is 7.89. The molecule has 1 aliphatic carbocycles.